The van der Waals surface area contributed by atoms with E-state index in [-0.39, 0.29) is 0 Å². The van der Waals surface area contributed by atoms with Crippen LogP contribution < -0.4 is 0 Å². The predicted molar refractivity (Wildman–Crippen MR) is 64.5 cm³/mol. The minimum absolute atomic E-state index is 1.19. The van der Waals surface area contributed by atoms with Gasteiger partial charge in [-0.05, 0) is 19.6 Å². The third-order valence-corrected chi connectivity index (χ3v) is 4.65. The van der Waals surface area contributed by atoms with E-state index in [9.17, 15) is 43.2 Å². The highest BCUT2D eigenvalue weighted by molar-refractivity contribution is 8.00. The first kappa shape index (κ1) is 23.7. The Hall–Kier alpha value is -0.600. The van der Waals surface area contributed by atoms with Crippen LogP contribution in [0.3, 0.4) is 0 Å². The minimum Gasteiger partial charge on any atom is -0.304 e. The third kappa shape index (κ3) is 7.60. The molecule has 0 heterocycles. The van der Waals surface area contributed by atoms with Crippen molar-refractivity contribution in [2.24, 2.45) is 0 Å². The van der Waals surface area contributed by atoms with E-state index in [1.807, 2.05) is 3.63 Å². The molecule has 0 rings (SSSR count). The maximum atomic E-state index is 11.4. The van der Waals surface area contributed by atoms with Crippen LogP contribution in [0.5, 0.6) is 0 Å². The van der Waals surface area contributed by atoms with Crippen LogP contribution in [0, 0.1) is 0 Å². The van der Waals surface area contributed by atoms with Crippen LogP contribution in [0.15, 0.2) is 0 Å². The number of hydrogen-bond donors (Lipinski definition) is 0. The van der Waals surface area contributed by atoms with Gasteiger partial charge in [-0.3, -0.25) is 0 Å². The quantitative estimate of drug-likeness (QED) is 0.534. The summed E-state index contributed by atoms with van der Waals surface area (Å²) in [7, 11) is -13.7. The molecule has 14 heteroatoms. The Bertz CT molecular complexity index is 473. The molecule has 0 aliphatic carbocycles. The largest absolute Gasteiger partial charge is 0.524 e. The van der Waals surface area contributed by atoms with Crippen LogP contribution >= 0.6 is 0 Å². The fourth-order valence-electron chi connectivity index (χ4n) is 0.866. The highest BCUT2D eigenvalue weighted by atomic mass is 32.3. The van der Waals surface area contributed by atoms with E-state index < -0.39 is 31.3 Å². The summed E-state index contributed by atoms with van der Waals surface area (Å²) in [6, 6.07) is 0. The lowest BCUT2D eigenvalue weighted by atomic mass is 10.5. The Labute approximate surface area is 124 Å². The van der Waals surface area contributed by atoms with Gasteiger partial charge in [-0.1, -0.05) is 20.8 Å². The molecule has 0 saturated heterocycles. The highest BCUT2D eigenvalue weighted by Crippen LogP contribution is 2.32. The molecule has 0 N–H and O–H groups in total. The van der Waals surface area contributed by atoms with Gasteiger partial charge in [0.2, 0.25) is 0 Å². The van der Waals surface area contributed by atoms with Crippen LogP contribution in [-0.2, 0) is 23.9 Å². The fraction of sp³-hybridized carbons (Fsp3) is 1.00. The molecular formula is C8H15F6NO5S2. The molecule has 0 unspecified atom stereocenters. The van der Waals surface area contributed by atoms with E-state index in [4.69, 9.17) is 0 Å². The van der Waals surface area contributed by atoms with Crippen molar-refractivity contribution in [3.8, 4) is 0 Å². The summed E-state index contributed by atoms with van der Waals surface area (Å²) in [6.45, 7) is 10.1. The summed E-state index contributed by atoms with van der Waals surface area (Å²) in [5, 5.41) is 0. The molecule has 0 aromatic carbocycles. The lowest BCUT2D eigenvalue weighted by Gasteiger charge is -2.13. The molecule has 0 saturated carbocycles. The van der Waals surface area contributed by atoms with Crippen molar-refractivity contribution >= 4 is 20.2 Å². The van der Waals surface area contributed by atoms with Gasteiger partial charge in [0.1, 0.15) is 0 Å². The van der Waals surface area contributed by atoms with Crippen LogP contribution in [-0.4, -0.2) is 52.4 Å². The SMILES string of the molecule is CCN(CC)CC.O=S(=O)(OS(=O)(=O)C(F)(F)F)C(F)(F)F. The van der Waals surface area contributed by atoms with Gasteiger partial charge >= 0.3 is 31.3 Å². The number of nitrogens with zero attached hydrogens (tertiary/aromatic N) is 1. The average molecular weight is 383 g/mol. The van der Waals surface area contributed by atoms with E-state index in [1.165, 1.54) is 19.6 Å². The summed E-state index contributed by atoms with van der Waals surface area (Å²) >= 11 is 0. The molecule has 0 aromatic rings. The molecule has 0 bridgehead atoms. The van der Waals surface area contributed by atoms with Crippen molar-refractivity contribution in [3.63, 3.8) is 0 Å². The Morgan fingerprint density at radius 2 is 0.955 bits per heavy atom. The first-order valence-electron chi connectivity index (χ1n) is 5.61. The summed E-state index contributed by atoms with van der Waals surface area (Å²) in [6.07, 6.45) is 0. The minimum atomic E-state index is -6.85. The Kier molecular flexibility index (Phi) is 8.94. The molecule has 0 aliphatic rings. The topological polar surface area (TPSA) is 80.8 Å². The summed E-state index contributed by atoms with van der Waals surface area (Å²) < 4.78 is 110. The number of halogens is 6. The average Bonchev–Trinajstić information content (AvgIpc) is 2.27. The maximum absolute atomic E-state index is 11.4. The lowest BCUT2D eigenvalue weighted by Crippen LogP contribution is -2.34. The third-order valence-electron chi connectivity index (χ3n) is 2.09. The Balaban J connectivity index is 0. The zero-order valence-corrected chi connectivity index (χ0v) is 13.3. The van der Waals surface area contributed by atoms with Crippen molar-refractivity contribution in [1.82, 2.24) is 4.90 Å². The second-order valence-corrected chi connectivity index (χ2v) is 6.77. The summed E-state index contributed by atoms with van der Waals surface area (Å²) in [4.78, 5) is 2.38. The van der Waals surface area contributed by atoms with Crippen molar-refractivity contribution < 1.29 is 46.8 Å². The molecule has 22 heavy (non-hydrogen) atoms. The van der Waals surface area contributed by atoms with E-state index >= 15 is 0 Å². The molecule has 0 aliphatic heterocycles. The molecule has 6 nitrogen and oxygen atoms in total. The second kappa shape index (κ2) is 8.31. The molecule has 0 spiro atoms. The second-order valence-electron chi connectivity index (χ2n) is 3.49. The Morgan fingerprint density at radius 3 is 1.05 bits per heavy atom. The summed E-state index contributed by atoms with van der Waals surface area (Å²) in [5.41, 5.74) is -12.5. The smallest absolute Gasteiger partial charge is 0.304 e. The molecule has 136 valence electrons. The first-order chi connectivity index (χ1) is 9.55. The standard InChI is InChI=1S/C6H15N.C2F6O5S2/c1-4-7(5-2)6-3;3-1(4,5)14(9,10)13-15(11,12)2(6,7)8/h4-6H2,1-3H3;. The van der Waals surface area contributed by atoms with Gasteiger partial charge in [-0.2, -0.15) is 43.2 Å². The van der Waals surface area contributed by atoms with Crippen molar-refractivity contribution in [1.29, 1.82) is 0 Å². The fourth-order valence-corrected chi connectivity index (χ4v) is 2.43. The van der Waals surface area contributed by atoms with Gasteiger partial charge in [0.25, 0.3) is 0 Å². The van der Waals surface area contributed by atoms with Gasteiger partial charge < -0.3 is 4.90 Å². The first-order valence-corrected chi connectivity index (χ1v) is 8.43. The highest BCUT2D eigenvalue weighted by Gasteiger charge is 2.57. The molecule has 0 amide bonds. The molecule has 0 aromatic heterocycles. The molecular weight excluding hydrogens is 368 g/mol. The van der Waals surface area contributed by atoms with Crippen molar-refractivity contribution in [2.45, 2.75) is 31.8 Å². The van der Waals surface area contributed by atoms with Crippen molar-refractivity contribution in [2.75, 3.05) is 19.6 Å². The molecule has 0 atom stereocenters. The molecule has 0 radical (unpaired) electrons. The number of hydrogen-bond acceptors (Lipinski definition) is 6. The van der Waals surface area contributed by atoms with Gasteiger partial charge in [0.05, 0.1) is 0 Å². The van der Waals surface area contributed by atoms with E-state index in [0.29, 0.717) is 0 Å². The van der Waals surface area contributed by atoms with Gasteiger partial charge in [-0.25, -0.2) is 0 Å². The van der Waals surface area contributed by atoms with Gasteiger partial charge in [0, 0.05) is 0 Å². The van der Waals surface area contributed by atoms with Gasteiger partial charge in [0.15, 0.2) is 0 Å². The van der Waals surface area contributed by atoms with E-state index in [2.05, 4.69) is 25.7 Å². The predicted octanol–water partition coefficient (Wildman–Crippen LogP) is 2.05. The summed E-state index contributed by atoms with van der Waals surface area (Å²) in [5.74, 6) is 0. The van der Waals surface area contributed by atoms with E-state index in [0.717, 1.165) is 0 Å². The van der Waals surface area contributed by atoms with Crippen LogP contribution in [0.4, 0.5) is 26.3 Å². The Morgan fingerprint density at radius 1 is 0.727 bits per heavy atom. The van der Waals surface area contributed by atoms with E-state index in [1.54, 1.807) is 0 Å². The van der Waals surface area contributed by atoms with Crippen molar-refractivity contribution in [3.05, 3.63) is 0 Å². The monoisotopic (exact) mass is 383 g/mol. The van der Waals surface area contributed by atoms with Crippen LogP contribution in [0.25, 0.3) is 0 Å². The number of alkyl halides is 6. The maximum Gasteiger partial charge on any atom is 0.524 e. The van der Waals surface area contributed by atoms with Crippen LogP contribution in [0.2, 0.25) is 0 Å². The zero-order valence-electron chi connectivity index (χ0n) is 11.7. The molecule has 0 fully saturated rings. The van der Waals surface area contributed by atoms with Gasteiger partial charge in [-0.15, -0.1) is 3.63 Å². The lowest BCUT2D eigenvalue weighted by molar-refractivity contribution is -0.0585. The van der Waals surface area contributed by atoms with Crippen LogP contribution in [0.1, 0.15) is 20.8 Å². The normalized spacial score (nSPS) is 13.7. The number of rotatable bonds is 5. The zero-order chi connectivity index (χ0) is 18.4.